The quantitative estimate of drug-likeness (QED) is 0.747. The number of hydrogen-bond acceptors (Lipinski definition) is 2. The molecule has 0 aliphatic rings. The van der Waals surface area contributed by atoms with Crippen LogP contribution in [0.25, 0.3) is 10.8 Å². The number of rotatable bonds is 3. The van der Waals surface area contributed by atoms with Gasteiger partial charge in [-0.15, -0.1) is 0 Å². The number of aromatic nitrogens is 1. The van der Waals surface area contributed by atoms with Gasteiger partial charge in [0.2, 0.25) is 0 Å². The Kier molecular flexibility index (Phi) is 3.84. The van der Waals surface area contributed by atoms with E-state index in [0.29, 0.717) is 17.4 Å². The van der Waals surface area contributed by atoms with Crippen LogP contribution in [-0.4, -0.2) is 10.9 Å². The lowest BCUT2D eigenvalue weighted by Gasteiger charge is -2.07. The van der Waals surface area contributed by atoms with Crippen LogP contribution < -0.4 is 5.32 Å². The third-order valence-electron chi connectivity index (χ3n) is 3.22. The van der Waals surface area contributed by atoms with E-state index in [2.05, 4.69) is 10.3 Å². The monoisotopic (exact) mass is 296 g/mol. The first-order valence-corrected chi connectivity index (χ1v) is 6.99. The van der Waals surface area contributed by atoms with Gasteiger partial charge < -0.3 is 5.32 Å². The lowest BCUT2D eigenvalue weighted by Crippen LogP contribution is -2.23. The van der Waals surface area contributed by atoms with Crippen molar-refractivity contribution in [3.8, 4) is 0 Å². The predicted molar refractivity (Wildman–Crippen MR) is 84.4 cm³/mol. The van der Waals surface area contributed by atoms with E-state index >= 15 is 0 Å². The van der Waals surface area contributed by atoms with Crippen molar-refractivity contribution in [2.75, 3.05) is 0 Å². The first kappa shape index (κ1) is 13.6. The van der Waals surface area contributed by atoms with Crippen molar-refractivity contribution in [1.82, 2.24) is 10.3 Å². The number of fused-ring (bicyclic) bond motifs is 1. The third kappa shape index (κ3) is 3.03. The number of halogens is 1. The molecule has 0 aliphatic heterocycles. The molecule has 3 rings (SSSR count). The Morgan fingerprint density at radius 3 is 2.57 bits per heavy atom. The Labute approximate surface area is 127 Å². The van der Waals surface area contributed by atoms with Gasteiger partial charge in [-0.05, 0) is 17.0 Å². The van der Waals surface area contributed by atoms with Crippen LogP contribution in [0.15, 0.2) is 60.7 Å². The number of hydrogen-bond donors (Lipinski definition) is 1. The van der Waals surface area contributed by atoms with Crippen molar-refractivity contribution >= 4 is 28.3 Å². The number of nitrogens with zero attached hydrogens (tertiary/aromatic N) is 1. The average molecular weight is 297 g/mol. The van der Waals surface area contributed by atoms with Gasteiger partial charge in [-0.25, -0.2) is 4.98 Å². The first-order chi connectivity index (χ1) is 10.2. The summed E-state index contributed by atoms with van der Waals surface area (Å²) in [5.74, 6) is -0.230. The normalized spacial score (nSPS) is 10.5. The highest BCUT2D eigenvalue weighted by Crippen LogP contribution is 2.22. The molecule has 0 aliphatic carbocycles. The van der Waals surface area contributed by atoms with Crippen LogP contribution in [0.2, 0.25) is 5.15 Å². The van der Waals surface area contributed by atoms with Gasteiger partial charge in [-0.1, -0.05) is 66.2 Å². The van der Waals surface area contributed by atoms with Crippen molar-refractivity contribution < 1.29 is 4.79 Å². The molecule has 0 bridgehead atoms. The summed E-state index contributed by atoms with van der Waals surface area (Å²) in [7, 11) is 0. The molecule has 3 nitrogen and oxygen atoms in total. The van der Waals surface area contributed by atoms with Crippen LogP contribution in [-0.2, 0) is 6.54 Å². The minimum Gasteiger partial charge on any atom is -0.347 e. The van der Waals surface area contributed by atoms with E-state index in [1.165, 1.54) is 0 Å². The fraction of sp³-hybridized carbons (Fsp3) is 0.0588. The maximum absolute atomic E-state index is 12.2. The molecular formula is C17H13ClN2O. The Bertz CT molecular complexity index is 787. The van der Waals surface area contributed by atoms with Gasteiger partial charge in [-0.2, -0.15) is 0 Å². The number of nitrogens with one attached hydrogen (secondary N) is 1. The second kappa shape index (κ2) is 5.94. The predicted octanol–water partition coefficient (Wildman–Crippen LogP) is 3.82. The van der Waals surface area contributed by atoms with Crippen LogP contribution in [0.4, 0.5) is 0 Å². The number of amides is 1. The van der Waals surface area contributed by atoms with Crippen molar-refractivity contribution in [2.45, 2.75) is 6.54 Å². The van der Waals surface area contributed by atoms with Gasteiger partial charge >= 0.3 is 0 Å². The summed E-state index contributed by atoms with van der Waals surface area (Å²) in [6.45, 7) is 0.464. The molecule has 21 heavy (non-hydrogen) atoms. The highest BCUT2D eigenvalue weighted by atomic mass is 35.5. The molecule has 0 saturated heterocycles. The molecule has 1 amide bonds. The molecule has 4 heteroatoms. The summed E-state index contributed by atoms with van der Waals surface area (Å²) in [6, 6.07) is 19.1. The Morgan fingerprint density at radius 1 is 1.05 bits per heavy atom. The second-order valence-corrected chi connectivity index (χ2v) is 5.05. The summed E-state index contributed by atoms with van der Waals surface area (Å²) in [5, 5.41) is 4.94. The molecule has 1 aromatic heterocycles. The van der Waals surface area contributed by atoms with Gasteiger partial charge in [0.15, 0.2) is 0 Å². The van der Waals surface area contributed by atoms with Crippen LogP contribution in [0, 0.1) is 0 Å². The van der Waals surface area contributed by atoms with E-state index in [1.54, 1.807) is 6.07 Å². The van der Waals surface area contributed by atoms with E-state index in [-0.39, 0.29) is 5.91 Å². The number of pyridine rings is 1. The maximum Gasteiger partial charge on any atom is 0.270 e. The fourth-order valence-electron chi connectivity index (χ4n) is 2.14. The van der Waals surface area contributed by atoms with Crippen LogP contribution in [0.5, 0.6) is 0 Å². The maximum atomic E-state index is 12.2. The molecule has 2 aromatic carbocycles. The van der Waals surface area contributed by atoms with E-state index in [9.17, 15) is 4.79 Å². The Hall–Kier alpha value is -2.39. The molecule has 104 valence electrons. The molecule has 3 aromatic rings. The number of carbonyl (C=O) groups excluding carboxylic acids is 1. The summed E-state index contributed by atoms with van der Waals surface area (Å²) < 4.78 is 0. The lowest BCUT2D eigenvalue weighted by molar-refractivity contribution is 0.0946. The van der Waals surface area contributed by atoms with Crippen LogP contribution in [0.1, 0.15) is 16.1 Å². The van der Waals surface area contributed by atoms with E-state index in [0.717, 1.165) is 16.3 Å². The number of benzene rings is 2. The van der Waals surface area contributed by atoms with Gasteiger partial charge in [0.1, 0.15) is 10.8 Å². The Morgan fingerprint density at radius 2 is 1.76 bits per heavy atom. The molecule has 0 saturated carbocycles. The molecule has 0 spiro atoms. The van der Waals surface area contributed by atoms with Crippen molar-refractivity contribution in [1.29, 1.82) is 0 Å². The zero-order valence-corrected chi connectivity index (χ0v) is 12.0. The minimum atomic E-state index is -0.230. The zero-order valence-electron chi connectivity index (χ0n) is 11.2. The van der Waals surface area contributed by atoms with E-state index < -0.39 is 0 Å². The molecule has 0 unspecified atom stereocenters. The molecule has 0 fully saturated rings. The van der Waals surface area contributed by atoms with Crippen LogP contribution >= 0.6 is 11.6 Å². The molecular weight excluding hydrogens is 284 g/mol. The number of carbonyl (C=O) groups is 1. The van der Waals surface area contributed by atoms with Gasteiger partial charge in [0, 0.05) is 11.9 Å². The topological polar surface area (TPSA) is 42.0 Å². The fourth-order valence-corrected chi connectivity index (χ4v) is 2.40. The largest absolute Gasteiger partial charge is 0.347 e. The molecule has 1 N–H and O–H groups in total. The molecule has 1 heterocycles. The highest BCUT2D eigenvalue weighted by Gasteiger charge is 2.10. The highest BCUT2D eigenvalue weighted by molar-refractivity contribution is 6.34. The summed E-state index contributed by atoms with van der Waals surface area (Å²) in [4.78, 5) is 16.3. The van der Waals surface area contributed by atoms with E-state index in [1.807, 2.05) is 54.6 Å². The molecule has 0 atom stereocenters. The SMILES string of the molecule is O=C(NCc1ccccc1)c1cc2ccccc2c(Cl)n1. The standard InChI is InChI=1S/C17H13ClN2O/c18-16-14-9-5-4-8-13(14)10-15(20-16)17(21)19-11-12-6-2-1-3-7-12/h1-10H,11H2,(H,19,21). The van der Waals surface area contributed by atoms with Gasteiger partial charge in [-0.3, -0.25) is 4.79 Å². The lowest BCUT2D eigenvalue weighted by atomic mass is 10.1. The summed E-state index contributed by atoms with van der Waals surface area (Å²) >= 11 is 6.13. The Balaban J connectivity index is 1.81. The minimum absolute atomic E-state index is 0.230. The van der Waals surface area contributed by atoms with Crippen molar-refractivity contribution in [3.63, 3.8) is 0 Å². The van der Waals surface area contributed by atoms with Gasteiger partial charge in [0.25, 0.3) is 5.91 Å². The first-order valence-electron chi connectivity index (χ1n) is 6.61. The molecule has 0 radical (unpaired) electrons. The zero-order chi connectivity index (χ0) is 14.7. The summed E-state index contributed by atoms with van der Waals surface area (Å²) in [5.41, 5.74) is 1.37. The van der Waals surface area contributed by atoms with Crippen molar-refractivity contribution in [3.05, 3.63) is 77.1 Å². The third-order valence-corrected chi connectivity index (χ3v) is 3.51. The van der Waals surface area contributed by atoms with E-state index in [4.69, 9.17) is 11.6 Å². The van der Waals surface area contributed by atoms with Crippen LogP contribution in [0.3, 0.4) is 0 Å². The van der Waals surface area contributed by atoms with Crippen molar-refractivity contribution in [2.24, 2.45) is 0 Å². The smallest absolute Gasteiger partial charge is 0.270 e. The average Bonchev–Trinajstić information content (AvgIpc) is 2.53. The van der Waals surface area contributed by atoms with Gasteiger partial charge in [0.05, 0.1) is 0 Å². The summed E-state index contributed by atoms with van der Waals surface area (Å²) in [6.07, 6.45) is 0. The second-order valence-electron chi connectivity index (χ2n) is 4.69.